The van der Waals surface area contributed by atoms with E-state index in [2.05, 4.69) is 0 Å². The average molecular weight is 447 g/mol. The lowest BCUT2D eigenvalue weighted by molar-refractivity contribution is 0.0667. The van der Waals surface area contributed by atoms with Crippen molar-refractivity contribution in [2.24, 2.45) is 0 Å². The molecule has 1 aliphatic heterocycles. The number of fused-ring (bicyclic) bond motifs is 1. The van der Waals surface area contributed by atoms with E-state index in [0.717, 1.165) is 0 Å². The summed E-state index contributed by atoms with van der Waals surface area (Å²) >= 11 is 0. The van der Waals surface area contributed by atoms with E-state index in [-0.39, 0.29) is 48.3 Å². The number of hydrogen-bond acceptors (Lipinski definition) is 5. The number of furan rings is 1. The molecule has 2 aromatic carbocycles. The van der Waals surface area contributed by atoms with Crippen LogP contribution in [-0.4, -0.2) is 56.3 Å². The smallest absolute Gasteiger partial charge is 0.289 e. The molecule has 0 atom stereocenters. The molecule has 1 aliphatic rings. The number of sulfonamides is 1. The van der Waals surface area contributed by atoms with Crippen LogP contribution < -0.4 is 4.74 Å². The molecule has 31 heavy (non-hydrogen) atoms. The lowest BCUT2D eigenvalue weighted by atomic mass is 10.1. The number of aryl methyl sites for hydroxylation is 1. The van der Waals surface area contributed by atoms with Gasteiger partial charge in [-0.2, -0.15) is 4.31 Å². The summed E-state index contributed by atoms with van der Waals surface area (Å²) in [5.74, 6) is -0.199. The van der Waals surface area contributed by atoms with Gasteiger partial charge in [-0.3, -0.25) is 4.79 Å². The zero-order valence-electron chi connectivity index (χ0n) is 17.3. The Morgan fingerprint density at radius 1 is 1.10 bits per heavy atom. The predicted octanol–water partition coefficient (Wildman–Crippen LogP) is 3.43. The number of hydrogen-bond donors (Lipinski definition) is 0. The van der Waals surface area contributed by atoms with Crippen LogP contribution in [0.15, 0.2) is 51.8 Å². The molecular weight excluding hydrogens is 423 g/mol. The van der Waals surface area contributed by atoms with E-state index >= 15 is 0 Å². The molecule has 0 saturated carbocycles. The van der Waals surface area contributed by atoms with Crippen molar-refractivity contribution >= 4 is 26.9 Å². The highest BCUT2D eigenvalue weighted by molar-refractivity contribution is 7.89. The van der Waals surface area contributed by atoms with Gasteiger partial charge < -0.3 is 14.1 Å². The number of amides is 1. The number of halogens is 1. The van der Waals surface area contributed by atoms with Gasteiger partial charge in [0.2, 0.25) is 10.0 Å². The van der Waals surface area contributed by atoms with Gasteiger partial charge in [-0.25, -0.2) is 12.8 Å². The molecule has 164 valence electrons. The lowest BCUT2D eigenvalue weighted by Gasteiger charge is -2.33. The summed E-state index contributed by atoms with van der Waals surface area (Å²) in [4.78, 5) is 14.7. The fraction of sp³-hybridized carbons (Fsp3) is 0.318. The second kappa shape index (κ2) is 8.32. The monoisotopic (exact) mass is 446 g/mol. The molecule has 3 aromatic rings. The minimum absolute atomic E-state index is 0.0556. The molecule has 0 radical (unpaired) electrons. The van der Waals surface area contributed by atoms with Crippen molar-refractivity contribution in [3.63, 3.8) is 0 Å². The zero-order chi connectivity index (χ0) is 22.2. The first-order valence-electron chi connectivity index (χ1n) is 10.0. The van der Waals surface area contributed by atoms with E-state index in [9.17, 15) is 17.6 Å². The van der Waals surface area contributed by atoms with Crippen molar-refractivity contribution in [1.29, 1.82) is 0 Å². The lowest BCUT2D eigenvalue weighted by Crippen LogP contribution is -2.50. The summed E-state index contributed by atoms with van der Waals surface area (Å²) in [7, 11) is -3.68. The van der Waals surface area contributed by atoms with Gasteiger partial charge in [-0.1, -0.05) is 12.1 Å². The Morgan fingerprint density at radius 3 is 2.39 bits per heavy atom. The van der Waals surface area contributed by atoms with Crippen molar-refractivity contribution in [3.8, 4) is 5.75 Å². The zero-order valence-corrected chi connectivity index (χ0v) is 18.1. The molecule has 0 unspecified atom stereocenters. The van der Waals surface area contributed by atoms with Gasteiger partial charge in [0.15, 0.2) is 17.2 Å². The van der Waals surface area contributed by atoms with Crippen LogP contribution in [0.4, 0.5) is 4.39 Å². The number of para-hydroxylation sites is 1. The summed E-state index contributed by atoms with van der Waals surface area (Å²) in [5, 5.41) is 0.556. The third kappa shape index (κ3) is 3.90. The van der Waals surface area contributed by atoms with Gasteiger partial charge in [0, 0.05) is 37.1 Å². The van der Waals surface area contributed by atoms with E-state index < -0.39 is 15.8 Å². The number of carbonyl (C=O) groups excluding carboxylic acids is 1. The van der Waals surface area contributed by atoms with Crippen molar-refractivity contribution < 1.29 is 26.8 Å². The Hall–Kier alpha value is -2.91. The molecule has 9 heteroatoms. The van der Waals surface area contributed by atoms with Gasteiger partial charge in [0.1, 0.15) is 5.75 Å². The van der Waals surface area contributed by atoms with E-state index in [4.69, 9.17) is 9.15 Å². The summed E-state index contributed by atoms with van der Waals surface area (Å²) in [5.41, 5.74) is 0.629. The SMILES string of the molecule is CCOc1ccc(S(=O)(=O)N2CCN(C(=O)c3oc4c(F)cccc4c3C)CC2)cc1. The number of nitrogens with zero attached hydrogens (tertiary/aromatic N) is 2. The number of benzene rings is 2. The van der Waals surface area contributed by atoms with Crippen LogP contribution in [0.5, 0.6) is 5.75 Å². The molecule has 1 saturated heterocycles. The third-order valence-electron chi connectivity index (χ3n) is 5.41. The van der Waals surface area contributed by atoms with Crippen LogP contribution in [0, 0.1) is 12.7 Å². The van der Waals surface area contributed by atoms with E-state index in [1.807, 2.05) is 6.92 Å². The molecule has 0 bridgehead atoms. The van der Waals surface area contributed by atoms with Gasteiger partial charge >= 0.3 is 0 Å². The molecule has 0 N–H and O–H groups in total. The van der Waals surface area contributed by atoms with Crippen LogP contribution >= 0.6 is 0 Å². The molecule has 0 aliphatic carbocycles. The molecular formula is C22H23FN2O5S. The maximum atomic E-state index is 14.0. The maximum Gasteiger partial charge on any atom is 0.289 e. The molecule has 0 spiro atoms. The average Bonchev–Trinajstić information content (AvgIpc) is 3.12. The second-order valence-electron chi connectivity index (χ2n) is 7.27. The van der Waals surface area contributed by atoms with Gasteiger partial charge in [-0.05, 0) is 44.2 Å². The minimum Gasteiger partial charge on any atom is -0.494 e. The Balaban J connectivity index is 1.47. The van der Waals surface area contributed by atoms with Gasteiger partial charge in [0.25, 0.3) is 5.91 Å². The fourth-order valence-electron chi connectivity index (χ4n) is 3.71. The van der Waals surface area contributed by atoms with Crippen molar-refractivity contribution in [1.82, 2.24) is 9.21 Å². The van der Waals surface area contributed by atoms with Gasteiger partial charge in [-0.15, -0.1) is 0 Å². The van der Waals surface area contributed by atoms with Crippen molar-refractivity contribution in [2.45, 2.75) is 18.7 Å². The first kappa shape index (κ1) is 21.3. The van der Waals surface area contributed by atoms with Crippen molar-refractivity contribution in [2.75, 3.05) is 32.8 Å². The van der Waals surface area contributed by atoms with Crippen LogP contribution in [0.2, 0.25) is 0 Å². The predicted molar refractivity (Wildman–Crippen MR) is 113 cm³/mol. The maximum absolute atomic E-state index is 14.0. The van der Waals surface area contributed by atoms with Crippen LogP contribution in [0.25, 0.3) is 11.0 Å². The normalized spacial score (nSPS) is 15.4. The topological polar surface area (TPSA) is 80.1 Å². The Bertz CT molecular complexity index is 1210. The standard InChI is InChI=1S/C22H23FN2O5S/c1-3-29-16-7-9-17(10-8-16)31(27,28)25-13-11-24(12-14-25)22(26)20-15(2)18-5-4-6-19(23)21(18)30-20/h4-10H,3,11-14H2,1-2H3. The number of rotatable bonds is 5. The molecule has 1 fully saturated rings. The quantitative estimate of drug-likeness (QED) is 0.600. The number of ether oxygens (including phenoxy) is 1. The molecule has 7 nitrogen and oxygen atoms in total. The molecule has 4 rings (SSSR count). The number of piperazine rings is 1. The summed E-state index contributed by atoms with van der Waals surface area (Å²) in [6.07, 6.45) is 0. The Labute approximate surface area is 180 Å². The molecule has 2 heterocycles. The molecule has 1 amide bonds. The third-order valence-corrected chi connectivity index (χ3v) is 7.32. The Kier molecular flexibility index (Phi) is 5.72. The largest absolute Gasteiger partial charge is 0.494 e. The van der Waals surface area contributed by atoms with Crippen LogP contribution in [0.1, 0.15) is 23.0 Å². The summed E-state index contributed by atoms with van der Waals surface area (Å²) in [6, 6.07) is 10.8. The van der Waals surface area contributed by atoms with E-state index in [1.165, 1.54) is 27.4 Å². The highest BCUT2D eigenvalue weighted by atomic mass is 32.2. The summed E-state index contributed by atoms with van der Waals surface area (Å²) < 4.78 is 52.1. The minimum atomic E-state index is -3.68. The van der Waals surface area contributed by atoms with Gasteiger partial charge in [0.05, 0.1) is 11.5 Å². The first-order valence-corrected chi connectivity index (χ1v) is 11.5. The molecule has 1 aromatic heterocycles. The van der Waals surface area contributed by atoms with Crippen LogP contribution in [0.3, 0.4) is 0 Å². The Morgan fingerprint density at radius 2 is 1.77 bits per heavy atom. The summed E-state index contributed by atoms with van der Waals surface area (Å²) in [6.45, 7) is 4.82. The van der Waals surface area contributed by atoms with E-state index in [0.29, 0.717) is 23.3 Å². The van der Waals surface area contributed by atoms with Crippen molar-refractivity contribution in [3.05, 3.63) is 59.6 Å². The van der Waals surface area contributed by atoms with E-state index in [1.54, 1.807) is 31.2 Å². The number of carbonyl (C=O) groups is 1. The van der Waals surface area contributed by atoms with Crippen LogP contribution in [-0.2, 0) is 10.0 Å². The highest BCUT2D eigenvalue weighted by Gasteiger charge is 2.32. The highest BCUT2D eigenvalue weighted by Crippen LogP contribution is 2.29. The first-order chi connectivity index (χ1) is 14.8. The fourth-order valence-corrected chi connectivity index (χ4v) is 5.13. The second-order valence-corrected chi connectivity index (χ2v) is 9.21.